The van der Waals surface area contributed by atoms with Gasteiger partial charge >= 0.3 is 5.82 Å². The number of hydrogen-bond donors (Lipinski definition) is 0. The molecule has 4 nitrogen and oxygen atoms in total. The summed E-state index contributed by atoms with van der Waals surface area (Å²) in [6.07, 6.45) is 3.81. The summed E-state index contributed by atoms with van der Waals surface area (Å²) in [5.41, 5.74) is 0. The van der Waals surface area contributed by atoms with Gasteiger partial charge in [-0.05, 0) is 26.2 Å². The molecule has 1 aromatic heterocycles. The van der Waals surface area contributed by atoms with Gasteiger partial charge in [-0.2, -0.15) is 0 Å². The van der Waals surface area contributed by atoms with Gasteiger partial charge in [0, 0.05) is 0 Å². The second kappa shape index (κ2) is 3.38. The van der Waals surface area contributed by atoms with Crippen molar-refractivity contribution in [3.63, 3.8) is 0 Å². The molecule has 0 bridgehead atoms. The van der Waals surface area contributed by atoms with Crippen LogP contribution in [0.3, 0.4) is 0 Å². The van der Waals surface area contributed by atoms with Crippen LogP contribution in [-0.2, 0) is 11.3 Å². The molecule has 0 radical (unpaired) electrons. The van der Waals surface area contributed by atoms with E-state index in [1.165, 1.54) is 6.42 Å². The lowest BCUT2D eigenvalue weighted by Gasteiger charge is -2.24. The van der Waals surface area contributed by atoms with Crippen molar-refractivity contribution < 1.29 is 13.6 Å². The number of hydrogen-bond acceptors (Lipinski definition) is 4. The summed E-state index contributed by atoms with van der Waals surface area (Å²) in [6, 6.07) is 0. The Balaban J connectivity index is 1.92. The molecule has 1 aliphatic carbocycles. The second-order valence-corrected chi connectivity index (χ2v) is 3.30. The molecule has 0 aliphatic heterocycles. The lowest BCUT2D eigenvalue weighted by Crippen LogP contribution is -2.21. The first kappa shape index (κ1) is 8.56. The van der Waals surface area contributed by atoms with Gasteiger partial charge in [0.1, 0.15) is 12.4 Å². The van der Waals surface area contributed by atoms with E-state index < -0.39 is 5.82 Å². The van der Waals surface area contributed by atoms with Crippen LogP contribution in [0, 0.1) is 6.92 Å². The molecule has 1 heterocycles. The van der Waals surface area contributed by atoms with Gasteiger partial charge in [-0.3, -0.25) is 0 Å². The van der Waals surface area contributed by atoms with Crippen LogP contribution in [-0.4, -0.2) is 6.10 Å². The van der Waals surface area contributed by atoms with Crippen LogP contribution >= 0.6 is 0 Å². The van der Waals surface area contributed by atoms with E-state index in [0.29, 0.717) is 24.2 Å². The summed E-state index contributed by atoms with van der Waals surface area (Å²) in [4.78, 5) is 10.7. The van der Waals surface area contributed by atoms with Gasteiger partial charge < -0.3 is 13.6 Å². The van der Waals surface area contributed by atoms with Gasteiger partial charge in [0.25, 0.3) is 0 Å². The largest absolute Gasteiger partial charge is 0.519 e. The van der Waals surface area contributed by atoms with Crippen LogP contribution < -0.4 is 5.82 Å². The molecule has 1 aromatic rings. The van der Waals surface area contributed by atoms with Gasteiger partial charge in [-0.25, -0.2) is 4.79 Å². The molecule has 1 fully saturated rings. The summed E-state index contributed by atoms with van der Waals surface area (Å²) in [6.45, 7) is 2.05. The van der Waals surface area contributed by atoms with Crippen molar-refractivity contribution >= 4 is 0 Å². The number of ether oxygens (including phenoxy) is 1. The van der Waals surface area contributed by atoms with Crippen LogP contribution in [0.4, 0.5) is 0 Å². The van der Waals surface area contributed by atoms with Crippen molar-refractivity contribution in [2.45, 2.75) is 38.9 Å². The summed E-state index contributed by atoms with van der Waals surface area (Å²) in [7, 11) is 0. The van der Waals surface area contributed by atoms with E-state index in [1.54, 1.807) is 6.92 Å². The SMILES string of the molecule is Cc1oc(=O)oc1COC1CCC1. The summed E-state index contributed by atoms with van der Waals surface area (Å²) >= 11 is 0. The van der Waals surface area contributed by atoms with E-state index in [2.05, 4.69) is 0 Å². The Morgan fingerprint density at radius 1 is 1.46 bits per heavy atom. The molecule has 13 heavy (non-hydrogen) atoms. The first-order chi connectivity index (χ1) is 6.25. The quantitative estimate of drug-likeness (QED) is 0.716. The second-order valence-electron chi connectivity index (χ2n) is 3.30. The molecule has 2 rings (SSSR count). The van der Waals surface area contributed by atoms with Gasteiger partial charge in [0.2, 0.25) is 0 Å². The molecule has 0 spiro atoms. The minimum Gasteiger partial charge on any atom is -0.396 e. The summed E-state index contributed by atoms with van der Waals surface area (Å²) in [5.74, 6) is 0.380. The van der Waals surface area contributed by atoms with E-state index in [0.717, 1.165) is 12.8 Å². The number of aryl methyl sites for hydroxylation is 1. The van der Waals surface area contributed by atoms with Crippen molar-refractivity contribution in [2.24, 2.45) is 0 Å². The maximum atomic E-state index is 10.7. The van der Waals surface area contributed by atoms with Crippen molar-refractivity contribution in [2.75, 3.05) is 0 Å². The predicted molar refractivity (Wildman–Crippen MR) is 44.4 cm³/mol. The van der Waals surface area contributed by atoms with Crippen molar-refractivity contribution in [1.29, 1.82) is 0 Å². The molecule has 0 N–H and O–H groups in total. The monoisotopic (exact) mass is 184 g/mol. The molecule has 0 amide bonds. The van der Waals surface area contributed by atoms with Crippen molar-refractivity contribution in [3.8, 4) is 0 Å². The average molecular weight is 184 g/mol. The zero-order valence-corrected chi connectivity index (χ0v) is 7.54. The van der Waals surface area contributed by atoms with Crippen LogP contribution in [0.5, 0.6) is 0 Å². The minimum atomic E-state index is -0.648. The minimum absolute atomic E-state index is 0.347. The smallest absolute Gasteiger partial charge is 0.396 e. The third-order valence-corrected chi connectivity index (χ3v) is 2.34. The van der Waals surface area contributed by atoms with E-state index in [-0.39, 0.29) is 0 Å². The highest BCUT2D eigenvalue weighted by Crippen LogP contribution is 2.23. The number of rotatable bonds is 3. The molecule has 0 unspecified atom stereocenters. The molecule has 0 atom stereocenters. The first-order valence-electron chi connectivity index (χ1n) is 4.47. The highest BCUT2D eigenvalue weighted by Gasteiger charge is 2.19. The van der Waals surface area contributed by atoms with Crippen LogP contribution in [0.1, 0.15) is 30.8 Å². The summed E-state index contributed by atoms with van der Waals surface area (Å²) in [5, 5.41) is 0. The van der Waals surface area contributed by atoms with Crippen molar-refractivity contribution in [3.05, 3.63) is 22.1 Å². The Morgan fingerprint density at radius 2 is 2.23 bits per heavy atom. The van der Waals surface area contributed by atoms with Gasteiger partial charge in [-0.15, -0.1) is 0 Å². The van der Waals surface area contributed by atoms with Crippen LogP contribution in [0.15, 0.2) is 13.6 Å². The molecular weight excluding hydrogens is 172 g/mol. The third-order valence-electron chi connectivity index (χ3n) is 2.34. The molecule has 0 saturated heterocycles. The standard InChI is InChI=1S/C9H12O4/c1-6-8(13-9(10)12-6)5-11-7-3-2-4-7/h7H,2-5H2,1H3. The van der Waals surface area contributed by atoms with Crippen LogP contribution in [0.25, 0.3) is 0 Å². The maximum Gasteiger partial charge on any atom is 0.519 e. The highest BCUT2D eigenvalue weighted by atomic mass is 16.6. The average Bonchev–Trinajstić information content (AvgIpc) is 2.27. The molecule has 1 aliphatic rings. The van der Waals surface area contributed by atoms with E-state index in [9.17, 15) is 4.79 Å². The van der Waals surface area contributed by atoms with E-state index >= 15 is 0 Å². The van der Waals surface area contributed by atoms with E-state index in [1.807, 2.05) is 0 Å². The summed E-state index contributed by atoms with van der Waals surface area (Å²) < 4.78 is 14.9. The highest BCUT2D eigenvalue weighted by molar-refractivity contribution is 4.98. The fourth-order valence-corrected chi connectivity index (χ4v) is 1.24. The fourth-order valence-electron chi connectivity index (χ4n) is 1.24. The van der Waals surface area contributed by atoms with Gasteiger partial charge in [0.05, 0.1) is 6.10 Å². The Bertz CT molecular complexity index is 332. The van der Waals surface area contributed by atoms with Crippen molar-refractivity contribution in [1.82, 2.24) is 0 Å². The zero-order valence-electron chi connectivity index (χ0n) is 7.54. The van der Waals surface area contributed by atoms with Gasteiger partial charge in [0.15, 0.2) is 5.76 Å². The topological polar surface area (TPSA) is 52.6 Å². The van der Waals surface area contributed by atoms with Crippen LogP contribution in [0.2, 0.25) is 0 Å². The Kier molecular flexibility index (Phi) is 2.22. The van der Waals surface area contributed by atoms with E-state index in [4.69, 9.17) is 13.6 Å². The van der Waals surface area contributed by atoms with Gasteiger partial charge in [-0.1, -0.05) is 0 Å². The normalized spacial score (nSPS) is 17.3. The lowest BCUT2D eigenvalue weighted by atomic mass is 9.96. The molecule has 0 aromatic carbocycles. The Labute approximate surface area is 75.5 Å². The third kappa shape index (κ3) is 1.83. The Hall–Kier alpha value is -1.03. The maximum absolute atomic E-state index is 10.7. The lowest BCUT2D eigenvalue weighted by molar-refractivity contribution is -0.0163. The molecular formula is C9H12O4. The molecule has 72 valence electrons. The fraction of sp³-hybridized carbons (Fsp3) is 0.667. The Morgan fingerprint density at radius 3 is 2.69 bits per heavy atom. The first-order valence-corrected chi connectivity index (χ1v) is 4.47. The zero-order chi connectivity index (χ0) is 9.26. The molecule has 1 saturated carbocycles. The molecule has 4 heteroatoms. The predicted octanol–water partition coefficient (Wildman–Crippen LogP) is 1.61.